The van der Waals surface area contributed by atoms with Gasteiger partial charge in [-0.25, -0.2) is 62.8 Å². The maximum atomic E-state index is 13.4. The number of nitrogens with zero attached hydrogens (tertiary/aromatic N) is 12. The van der Waals surface area contributed by atoms with Gasteiger partial charge < -0.3 is 18.9 Å². The summed E-state index contributed by atoms with van der Waals surface area (Å²) in [7, 11) is -8.94. The molecule has 0 bridgehead atoms. The standard InChI is InChI=1S/C23H20N4O6S.C22H15F3N4O4S.2C22H18N4O5S/c1-31-20-10-8-18(22(24-20)32-2)15-5-9-19-16(13-15)11-12-27(19)34(29,30)17-6-3-14(4-7-17)21-25-23(28)33-26-21;23-22(24,25)19-8-4-16(12-26-19)14-3-7-18-15(11-14)9-10-29(18)34(31,32)17-5-1-13(2-6-17)20-27-21(30)33-28-20;1-30-20-9-5-17(13-23-20)15-4-8-19-16(12-15)10-11-26(19)32(28,29)18-6-2-14(3-7-18)21-24-22(27)31-25-21;1-30-21-18(3-2-11-23-21)15-6-9-19-16(13-15)10-12-26(19)32(28,29)17-7-4-14(5-8-17)20-24-22(27)31-25-20/h3-10,13H,11-12H2,1-2H3,(H,25,26,28);1-8,11-12H,9-10H2,(H,27,28,30);2-9,12-13H,10-11H2,1H3,(H,24,25,27);2-9,11,13H,10,12H2,1H3,(H,24,25,27). The van der Waals surface area contributed by atoms with Crippen molar-refractivity contribution in [3.63, 3.8) is 0 Å². The van der Waals surface area contributed by atoms with E-state index in [2.05, 4.69) is 78.6 Å². The van der Waals surface area contributed by atoms with E-state index in [0.29, 0.717) is 125 Å². The number of hydrogen-bond donors (Lipinski definition) is 4. The van der Waals surface area contributed by atoms with Gasteiger partial charge in [-0.15, -0.1) is 0 Å². The molecule has 0 aliphatic carbocycles. The smallest absolute Gasteiger partial charge is 0.439 e. The fraction of sp³-hybridized carbons (Fsp3) is 0.146. The van der Waals surface area contributed by atoms with Crippen LogP contribution < -0.4 is 59.2 Å². The van der Waals surface area contributed by atoms with Gasteiger partial charge in [0.25, 0.3) is 40.1 Å². The highest BCUT2D eigenvalue weighted by molar-refractivity contribution is 7.93. The van der Waals surface area contributed by atoms with E-state index < -0.39 is 75.0 Å². The maximum Gasteiger partial charge on any atom is 0.439 e. The lowest BCUT2D eigenvalue weighted by Gasteiger charge is -2.20. The van der Waals surface area contributed by atoms with E-state index >= 15 is 0 Å². The molecule has 0 fully saturated rings. The molecule has 0 saturated heterocycles. The zero-order chi connectivity index (χ0) is 92.5. The molecule has 672 valence electrons. The molecule has 36 nitrogen and oxygen atoms in total. The highest BCUT2D eigenvalue weighted by atomic mass is 32.2. The first-order valence-electron chi connectivity index (χ1n) is 39.9. The summed E-state index contributed by atoms with van der Waals surface area (Å²) < 4.78 is 189. The van der Waals surface area contributed by atoms with E-state index in [9.17, 15) is 66.0 Å². The SMILES string of the molecule is COc1ccc(-c2ccc3c(c2)CCN3S(=O)(=O)c2ccc(-c3noc(=O)[nH]3)cc2)c(OC)n1.COc1ccc(-c2ccc3c(c2)CCN3S(=O)(=O)c2ccc(-c3noc(=O)[nH]3)cc2)cn1.COc1ncccc1-c1ccc2c(c1)CCN2S(=O)(=O)c1ccc(-c2noc(=O)[nH]2)cc1.O=c1[nH]c(-c2ccc(S(=O)(=O)N3CCc4cc(-c5ccc(C(F)(F)F)nc5)ccc43)cc2)no1. The summed E-state index contributed by atoms with van der Waals surface area (Å²) in [5.41, 5.74) is 13.6. The van der Waals surface area contributed by atoms with Gasteiger partial charge >= 0.3 is 29.2 Å². The number of rotatable bonds is 20. The van der Waals surface area contributed by atoms with Crippen LogP contribution in [0.1, 0.15) is 27.9 Å². The molecule has 8 aromatic carbocycles. The van der Waals surface area contributed by atoms with Crippen LogP contribution in [0.5, 0.6) is 23.5 Å². The van der Waals surface area contributed by atoms with Crippen molar-refractivity contribution in [2.75, 3.05) is 71.8 Å². The Kier molecular flexibility index (Phi) is 24.0. The van der Waals surface area contributed by atoms with Crippen molar-refractivity contribution < 1.29 is 83.9 Å². The second-order valence-corrected chi connectivity index (χ2v) is 37.0. The van der Waals surface area contributed by atoms with E-state index in [4.69, 9.17) is 18.9 Å². The molecule has 0 spiro atoms. The van der Waals surface area contributed by atoms with Gasteiger partial charge in [0.05, 0.1) is 70.8 Å². The van der Waals surface area contributed by atoms with Crippen molar-refractivity contribution in [1.29, 1.82) is 0 Å². The number of sulfonamides is 4. The van der Waals surface area contributed by atoms with Crippen molar-refractivity contribution >= 4 is 62.8 Å². The van der Waals surface area contributed by atoms with Crippen LogP contribution in [0.15, 0.2) is 294 Å². The lowest BCUT2D eigenvalue weighted by Crippen LogP contribution is -2.29. The molecule has 4 aliphatic heterocycles. The molecule has 0 unspecified atom stereocenters. The first kappa shape index (κ1) is 88.2. The van der Waals surface area contributed by atoms with Crippen LogP contribution in [-0.2, 0) is 72.0 Å². The number of benzene rings is 8. The Balaban J connectivity index is 0.000000123. The van der Waals surface area contributed by atoms with Gasteiger partial charge in [0, 0.05) is 101 Å². The topological polar surface area (TPSA) is 474 Å². The number of pyridine rings is 4. The molecule has 16 aromatic rings. The van der Waals surface area contributed by atoms with Gasteiger partial charge in [-0.3, -0.25) is 60.2 Å². The van der Waals surface area contributed by atoms with Crippen molar-refractivity contribution in [2.24, 2.45) is 0 Å². The molecule has 20 rings (SSSR count). The maximum absolute atomic E-state index is 13.4. The molecule has 43 heteroatoms. The number of ether oxygens (including phenoxy) is 4. The van der Waals surface area contributed by atoms with Crippen molar-refractivity contribution in [3.05, 3.63) is 307 Å². The number of nitrogens with one attached hydrogen (secondary N) is 4. The number of aromatic nitrogens is 12. The predicted octanol–water partition coefficient (Wildman–Crippen LogP) is 12.4. The fourth-order valence-corrected chi connectivity index (χ4v) is 21.3. The van der Waals surface area contributed by atoms with E-state index in [0.717, 1.165) is 67.9 Å². The van der Waals surface area contributed by atoms with Gasteiger partial charge in [-0.1, -0.05) is 51.0 Å². The van der Waals surface area contributed by atoms with Gasteiger partial charge in [-0.05, 0) is 246 Å². The Labute approximate surface area is 746 Å². The summed E-state index contributed by atoms with van der Waals surface area (Å²) in [5.74, 6) is 0.0855. The molecular formula is C89H71F3N16O20S4. The van der Waals surface area contributed by atoms with E-state index in [1.807, 2.05) is 72.8 Å². The zero-order valence-electron chi connectivity index (χ0n) is 69.5. The Morgan fingerprint density at radius 1 is 0.326 bits per heavy atom. The molecule has 12 heterocycles. The van der Waals surface area contributed by atoms with Crippen LogP contribution in [0, 0.1) is 0 Å². The van der Waals surface area contributed by atoms with Crippen molar-refractivity contribution in [3.8, 4) is 114 Å². The fourth-order valence-electron chi connectivity index (χ4n) is 15.3. The van der Waals surface area contributed by atoms with Crippen LogP contribution in [0.4, 0.5) is 35.9 Å². The largest absolute Gasteiger partial charge is 0.481 e. The van der Waals surface area contributed by atoms with Crippen LogP contribution in [0.2, 0.25) is 0 Å². The monoisotopic (exact) mass is 1870 g/mol. The highest BCUT2D eigenvalue weighted by Gasteiger charge is 2.38. The Bertz CT molecular complexity index is 7790. The Hall–Kier alpha value is -15.9. The van der Waals surface area contributed by atoms with Gasteiger partial charge in [0.15, 0.2) is 23.3 Å². The lowest BCUT2D eigenvalue weighted by molar-refractivity contribution is -0.141. The zero-order valence-corrected chi connectivity index (χ0v) is 72.7. The van der Waals surface area contributed by atoms with Crippen LogP contribution in [-0.4, -0.2) is 149 Å². The molecule has 0 atom stereocenters. The van der Waals surface area contributed by atoms with E-state index in [-0.39, 0.29) is 49.4 Å². The Morgan fingerprint density at radius 2 is 0.629 bits per heavy atom. The van der Waals surface area contributed by atoms with Crippen LogP contribution in [0.25, 0.3) is 90.1 Å². The quantitative estimate of drug-likeness (QED) is 0.0550. The predicted molar refractivity (Wildman–Crippen MR) is 473 cm³/mol. The number of alkyl halides is 3. The second kappa shape index (κ2) is 36.0. The van der Waals surface area contributed by atoms with E-state index in [1.54, 1.807) is 107 Å². The van der Waals surface area contributed by atoms with Gasteiger partial charge in [-0.2, -0.15) is 18.2 Å². The van der Waals surface area contributed by atoms with E-state index in [1.165, 1.54) is 91.1 Å². The lowest BCUT2D eigenvalue weighted by atomic mass is 10.0. The summed E-state index contributed by atoms with van der Waals surface area (Å²) in [4.78, 5) is 71.0. The van der Waals surface area contributed by atoms with Crippen LogP contribution in [0.3, 0.4) is 0 Å². The normalized spacial score (nSPS) is 13.3. The number of aromatic amines is 4. The van der Waals surface area contributed by atoms with Crippen molar-refractivity contribution in [1.82, 2.24) is 60.5 Å². The molecule has 0 amide bonds. The molecule has 132 heavy (non-hydrogen) atoms. The van der Waals surface area contributed by atoms with Gasteiger partial charge in [0.2, 0.25) is 23.5 Å². The van der Waals surface area contributed by atoms with Crippen molar-refractivity contribution in [2.45, 2.75) is 51.4 Å². The molecule has 0 radical (unpaired) electrons. The number of methoxy groups -OCH3 is 4. The average molecular weight is 1870 g/mol. The number of anilines is 4. The van der Waals surface area contributed by atoms with Crippen LogP contribution >= 0.6 is 0 Å². The molecule has 4 N–H and O–H groups in total. The molecular weight excluding hydrogens is 1800 g/mol. The van der Waals surface area contributed by atoms with Gasteiger partial charge in [0.1, 0.15) is 5.69 Å². The number of fused-ring (bicyclic) bond motifs is 4. The third-order valence-corrected chi connectivity index (χ3v) is 29.2. The minimum absolute atomic E-state index is 0.0611. The summed E-state index contributed by atoms with van der Waals surface area (Å²) >= 11 is 0. The third-order valence-electron chi connectivity index (χ3n) is 21.8. The minimum atomic E-state index is -4.52. The highest BCUT2D eigenvalue weighted by Crippen LogP contribution is 2.44. The summed E-state index contributed by atoms with van der Waals surface area (Å²) in [6, 6.07) is 59.6. The third kappa shape index (κ3) is 17.8. The summed E-state index contributed by atoms with van der Waals surface area (Å²) in [6.45, 7) is 1.27. The first-order valence-corrected chi connectivity index (χ1v) is 45.6. The summed E-state index contributed by atoms with van der Waals surface area (Å²) in [6.07, 6.45) is 2.27. The second-order valence-electron chi connectivity index (χ2n) is 29.5. The number of hydrogen-bond acceptors (Lipinski definition) is 28. The number of H-pyrrole nitrogens is 4. The number of halogens is 3. The summed E-state index contributed by atoms with van der Waals surface area (Å²) in [5, 5.41) is 14.4. The molecule has 0 saturated carbocycles. The Morgan fingerprint density at radius 3 is 0.924 bits per heavy atom. The minimum Gasteiger partial charge on any atom is -0.481 e. The molecule has 8 aromatic heterocycles. The first-order chi connectivity index (χ1) is 63.4. The molecule has 4 aliphatic rings. The average Bonchev–Trinajstić information content (AvgIpc) is 1.60.